The van der Waals surface area contributed by atoms with Crippen LogP contribution in [-0.4, -0.2) is 21.1 Å². The quantitative estimate of drug-likeness (QED) is 0.758. The van der Waals surface area contributed by atoms with Gasteiger partial charge in [-0.3, -0.25) is 9.11 Å². The van der Waals surface area contributed by atoms with Crippen LogP contribution >= 0.6 is 10.8 Å². The standard InChI is InChI=1S/C18H24N2O3S/c1-13-6-5-7-15(12-13)20-16-8-3-4-9-17(16)23-18(24(20,21)22)14(2)10-11-19/h3-9,12,14,18,21-22H,10-11,19H2,1-2H3. The van der Waals surface area contributed by atoms with E-state index in [1.807, 2.05) is 62.4 Å². The summed E-state index contributed by atoms with van der Waals surface area (Å²) in [5.41, 5.74) is 7.40. The summed E-state index contributed by atoms with van der Waals surface area (Å²) in [6.07, 6.45) is 0.657. The van der Waals surface area contributed by atoms with Crippen LogP contribution in [0.2, 0.25) is 0 Å². The third-order valence-electron chi connectivity index (χ3n) is 4.23. The van der Waals surface area contributed by atoms with Crippen LogP contribution in [0.5, 0.6) is 5.75 Å². The molecule has 0 aromatic heterocycles. The number of nitrogens with two attached hydrogens (primary N) is 1. The molecule has 2 atom stereocenters. The topological polar surface area (TPSA) is 79.0 Å². The van der Waals surface area contributed by atoms with E-state index in [4.69, 9.17) is 10.5 Å². The van der Waals surface area contributed by atoms with Crippen LogP contribution in [0.3, 0.4) is 0 Å². The van der Waals surface area contributed by atoms with Crippen molar-refractivity contribution in [2.24, 2.45) is 11.7 Å². The molecule has 0 radical (unpaired) electrons. The molecule has 4 N–H and O–H groups in total. The van der Waals surface area contributed by atoms with Crippen LogP contribution in [0, 0.1) is 12.8 Å². The summed E-state index contributed by atoms with van der Waals surface area (Å²) in [4.78, 5) is 0. The number of hydrogen-bond acceptors (Lipinski definition) is 5. The van der Waals surface area contributed by atoms with Crippen molar-refractivity contribution >= 4 is 22.2 Å². The fraction of sp³-hybridized carbons (Fsp3) is 0.333. The monoisotopic (exact) mass is 348 g/mol. The number of benzene rings is 2. The second-order valence-corrected chi connectivity index (χ2v) is 8.16. The molecule has 0 fully saturated rings. The Morgan fingerprint density at radius 2 is 1.96 bits per heavy atom. The zero-order chi connectivity index (χ0) is 17.3. The molecule has 0 saturated heterocycles. The summed E-state index contributed by atoms with van der Waals surface area (Å²) in [5, 5.41) is 0. The third-order valence-corrected chi connectivity index (χ3v) is 6.36. The molecule has 0 spiro atoms. The minimum Gasteiger partial charge on any atom is -0.466 e. The number of hydrogen-bond donors (Lipinski definition) is 3. The first kappa shape index (κ1) is 17.1. The molecule has 0 amide bonds. The predicted molar refractivity (Wildman–Crippen MR) is 99.9 cm³/mol. The van der Waals surface area contributed by atoms with Gasteiger partial charge >= 0.3 is 0 Å². The maximum atomic E-state index is 11.1. The van der Waals surface area contributed by atoms with E-state index in [0.29, 0.717) is 24.4 Å². The van der Waals surface area contributed by atoms with Crippen LogP contribution in [0.4, 0.5) is 11.4 Å². The SMILES string of the molecule is Cc1cccc(N2c3ccccc3OC(C(C)CCN)S2(O)O)c1. The second kappa shape index (κ2) is 6.64. The van der Waals surface area contributed by atoms with Gasteiger partial charge in [0.05, 0.1) is 5.69 Å². The number of aryl methyl sites for hydroxylation is 1. The number of ether oxygens (including phenoxy) is 1. The molecular formula is C18H24N2O3S. The summed E-state index contributed by atoms with van der Waals surface area (Å²) in [6, 6.07) is 15.2. The first-order valence-electron chi connectivity index (χ1n) is 8.05. The Morgan fingerprint density at radius 3 is 2.67 bits per heavy atom. The van der Waals surface area contributed by atoms with Crippen molar-refractivity contribution in [2.45, 2.75) is 25.7 Å². The first-order valence-corrected chi connectivity index (χ1v) is 9.61. The van der Waals surface area contributed by atoms with Crippen molar-refractivity contribution in [3.05, 3.63) is 54.1 Å². The van der Waals surface area contributed by atoms with Crippen LogP contribution in [0.1, 0.15) is 18.9 Å². The molecule has 6 heteroatoms. The minimum atomic E-state index is -3.21. The average Bonchev–Trinajstić information content (AvgIpc) is 2.53. The van der Waals surface area contributed by atoms with Gasteiger partial charge in [-0.15, -0.1) is 0 Å². The fourth-order valence-electron chi connectivity index (χ4n) is 3.04. The van der Waals surface area contributed by atoms with Crippen LogP contribution < -0.4 is 14.8 Å². The van der Waals surface area contributed by atoms with Crippen molar-refractivity contribution in [2.75, 3.05) is 10.8 Å². The molecule has 0 saturated carbocycles. The Bertz CT molecular complexity index is 723. The van der Waals surface area contributed by atoms with Gasteiger partial charge in [-0.2, -0.15) is 0 Å². The Balaban J connectivity index is 2.13. The first-order chi connectivity index (χ1) is 11.4. The Hall–Kier alpha value is -1.73. The molecule has 2 aromatic rings. The molecule has 130 valence electrons. The maximum Gasteiger partial charge on any atom is 0.209 e. The summed E-state index contributed by atoms with van der Waals surface area (Å²) < 4.78 is 29.8. The second-order valence-electron chi connectivity index (χ2n) is 6.20. The van der Waals surface area contributed by atoms with E-state index in [0.717, 1.165) is 11.3 Å². The van der Waals surface area contributed by atoms with Crippen molar-refractivity contribution < 1.29 is 13.8 Å². The van der Waals surface area contributed by atoms with E-state index in [1.165, 1.54) is 0 Å². The molecule has 1 aliphatic heterocycles. The third kappa shape index (κ3) is 2.98. The van der Waals surface area contributed by atoms with Crippen molar-refractivity contribution in [3.8, 4) is 5.75 Å². The highest BCUT2D eigenvalue weighted by Crippen LogP contribution is 2.62. The number of para-hydroxylation sites is 2. The highest BCUT2D eigenvalue weighted by molar-refractivity contribution is 8.26. The summed E-state index contributed by atoms with van der Waals surface area (Å²) >= 11 is 0. The van der Waals surface area contributed by atoms with Gasteiger partial charge in [0.1, 0.15) is 11.4 Å². The molecule has 2 aromatic carbocycles. The van der Waals surface area contributed by atoms with Crippen LogP contribution in [0.15, 0.2) is 48.5 Å². The zero-order valence-corrected chi connectivity index (χ0v) is 14.7. The van der Waals surface area contributed by atoms with Gasteiger partial charge in [-0.05, 0) is 49.7 Å². The van der Waals surface area contributed by atoms with E-state index < -0.39 is 16.2 Å². The molecule has 1 aliphatic rings. The average molecular weight is 348 g/mol. The molecule has 24 heavy (non-hydrogen) atoms. The molecule has 1 heterocycles. The van der Waals surface area contributed by atoms with E-state index >= 15 is 0 Å². The van der Waals surface area contributed by atoms with Gasteiger partial charge in [0.2, 0.25) is 5.44 Å². The minimum absolute atomic E-state index is 0.0827. The summed E-state index contributed by atoms with van der Waals surface area (Å²) in [5.74, 6) is 0.569. The van der Waals surface area contributed by atoms with Crippen molar-refractivity contribution in [3.63, 3.8) is 0 Å². The fourth-order valence-corrected chi connectivity index (χ4v) is 5.10. The Labute approximate surface area is 144 Å². The normalized spacial score (nSPS) is 21.5. The van der Waals surface area contributed by atoms with Gasteiger partial charge in [-0.25, -0.2) is 4.31 Å². The van der Waals surface area contributed by atoms with E-state index in [-0.39, 0.29) is 5.92 Å². The van der Waals surface area contributed by atoms with Gasteiger partial charge in [0, 0.05) is 5.92 Å². The van der Waals surface area contributed by atoms with E-state index in [1.54, 1.807) is 4.31 Å². The summed E-state index contributed by atoms with van der Waals surface area (Å²) in [7, 11) is -3.21. The molecule has 2 unspecified atom stereocenters. The molecule has 0 aliphatic carbocycles. The van der Waals surface area contributed by atoms with Crippen LogP contribution in [0.25, 0.3) is 0 Å². The van der Waals surface area contributed by atoms with Gasteiger partial charge in [-0.1, -0.05) is 42.0 Å². The van der Waals surface area contributed by atoms with Crippen LogP contribution in [-0.2, 0) is 0 Å². The zero-order valence-electron chi connectivity index (χ0n) is 13.9. The predicted octanol–water partition coefficient (Wildman–Crippen LogP) is 4.50. The lowest BCUT2D eigenvalue weighted by atomic mass is 10.1. The maximum absolute atomic E-state index is 11.1. The molecule has 0 bridgehead atoms. The molecular weight excluding hydrogens is 324 g/mol. The highest BCUT2D eigenvalue weighted by atomic mass is 32.3. The van der Waals surface area contributed by atoms with Crippen molar-refractivity contribution in [1.82, 2.24) is 0 Å². The lowest BCUT2D eigenvalue weighted by Gasteiger charge is -2.53. The lowest BCUT2D eigenvalue weighted by molar-refractivity contribution is 0.189. The number of fused-ring (bicyclic) bond motifs is 1. The Kier molecular flexibility index (Phi) is 4.73. The number of nitrogens with zero attached hydrogens (tertiary/aromatic N) is 1. The highest BCUT2D eigenvalue weighted by Gasteiger charge is 2.43. The van der Waals surface area contributed by atoms with Crippen molar-refractivity contribution in [1.29, 1.82) is 0 Å². The molecule has 3 rings (SSSR count). The molecule has 5 nitrogen and oxygen atoms in total. The smallest absolute Gasteiger partial charge is 0.209 e. The number of rotatable bonds is 4. The summed E-state index contributed by atoms with van der Waals surface area (Å²) in [6.45, 7) is 4.40. The van der Waals surface area contributed by atoms with Gasteiger partial charge in [0.25, 0.3) is 0 Å². The van der Waals surface area contributed by atoms with E-state index in [2.05, 4.69) is 0 Å². The Morgan fingerprint density at radius 1 is 1.21 bits per heavy atom. The van der Waals surface area contributed by atoms with E-state index in [9.17, 15) is 9.11 Å². The number of anilines is 2. The lowest BCUT2D eigenvalue weighted by Crippen LogP contribution is -2.43. The van der Waals surface area contributed by atoms with Gasteiger partial charge in [0.15, 0.2) is 0 Å². The van der Waals surface area contributed by atoms with Gasteiger partial charge < -0.3 is 10.5 Å². The largest absolute Gasteiger partial charge is 0.466 e.